The largest absolute Gasteiger partial charge is 0.458 e. The monoisotopic (exact) mass is 534 g/mol. The molecule has 0 bridgehead atoms. The van der Waals surface area contributed by atoms with Gasteiger partial charge >= 0.3 is 12.4 Å². The Kier molecular flexibility index (Phi) is 7.51. The molecule has 0 unspecified atom stereocenters. The van der Waals surface area contributed by atoms with E-state index in [4.69, 9.17) is 9.97 Å². The molecule has 0 aliphatic heterocycles. The lowest BCUT2D eigenvalue weighted by molar-refractivity contribution is -0.0706. The Balaban J connectivity index is 1.66. The molecule has 0 atom stereocenters. The Morgan fingerprint density at radius 1 is 0.538 bits per heavy atom. The van der Waals surface area contributed by atoms with E-state index in [0.29, 0.717) is 33.9 Å². The van der Waals surface area contributed by atoms with Gasteiger partial charge in [0.1, 0.15) is 0 Å². The predicted octanol–water partition coefficient (Wildman–Crippen LogP) is 7.96. The van der Waals surface area contributed by atoms with Gasteiger partial charge in [-0.2, -0.15) is 26.3 Å². The van der Waals surface area contributed by atoms with Gasteiger partial charge in [-0.25, -0.2) is 0 Å². The van der Waals surface area contributed by atoms with Gasteiger partial charge in [-0.05, 0) is 62.4 Å². The summed E-state index contributed by atoms with van der Waals surface area (Å²) in [6, 6.07) is 23.6. The van der Waals surface area contributed by atoms with E-state index in [2.05, 4.69) is 11.8 Å². The molecule has 2 aromatic heterocycles. The summed E-state index contributed by atoms with van der Waals surface area (Å²) in [7, 11) is 0. The zero-order valence-corrected chi connectivity index (χ0v) is 20.7. The summed E-state index contributed by atoms with van der Waals surface area (Å²) in [6.45, 7) is 3.86. The lowest BCUT2D eigenvalue weighted by Gasteiger charge is -2.25. The fraction of sp³-hybridized carbons (Fsp3) is 0.161. The number of hydrogen-bond donors (Lipinski definition) is 0. The second-order valence-electron chi connectivity index (χ2n) is 9.10. The molecule has 0 aliphatic carbocycles. The van der Waals surface area contributed by atoms with Gasteiger partial charge < -0.3 is 0 Å². The zero-order chi connectivity index (χ0) is 28.3. The van der Waals surface area contributed by atoms with E-state index >= 15 is 0 Å². The van der Waals surface area contributed by atoms with Crippen molar-refractivity contribution in [3.05, 3.63) is 107 Å². The van der Waals surface area contributed by atoms with E-state index in [0.717, 1.165) is 0 Å². The highest BCUT2D eigenvalue weighted by molar-refractivity contribution is 5.64. The van der Waals surface area contributed by atoms with Gasteiger partial charge in [0, 0.05) is 39.5 Å². The molecule has 0 radical (unpaired) electrons. The number of rotatable bonds is 4. The van der Waals surface area contributed by atoms with E-state index in [1.807, 2.05) is 26.0 Å². The fourth-order valence-corrected chi connectivity index (χ4v) is 3.82. The van der Waals surface area contributed by atoms with Crippen LogP contribution in [-0.2, 0) is 5.41 Å². The van der Waals surface area contributed by atoms with Gasteiger partial charge in [0.05, 0.1) is 22.8 Å². The van der Waals surface area contributed by atoms with Crippen molar-refractivity contribution in [2.24, 2.45) is 0 Å². The van der Waals surface area contributed by atoms with Gasteiger partial charge in [-0.1, -0.05) is 48.2 Å². The summed E-state index contributed by atoms with van der Waals surface area (Å²) < 4.78 is 75.0. The number of nitrogens with zero attached hydrogens (tertiary/aromatic N) is 2. The molecule has 2 nitrogen and oxygen atoms in total. The maximum absolute atomic E-state index is 12.5. The molecule has 196 valence electrons. The van der Waals surface area contributed by atoms with Crippen LogP contribution in [0, 0.1) is 23.7 Å². The smallest absolute Gasteiger partial charge is 0.252 e. The van der Waals surface area contributed by atoms with Crippen molar-refractivity contribution in [3.63, 3.8) is 0 Å². The number of alkyl halides is 6. The average Bonchev–Trinajstić information content (AvgIpc) is 2.90. The highest BCUT2D eigenvalue weighted by atomic mass is 19.4. The van der Waals surface area contributed by atoms with Crippen LogP contribution in [0.25, 0.3) is 22.5 Å². The molecule has 0 aliphatic rings. The van der Waals surface area contributed by atoms with Gasteiger partial charge in [0.25, 0.3) is 0 Å². The molecule has 2 heterocycles. The minimum absolute atomic E-state index is 0.216. The molecule has 8 heteroatoms. The minimum Gasteiger partial charge on any atom is -0.252 e. The maximum Gasteiger partial charge on any atom is 0.458 e. The number of hydrogen-bond acceptors (Lipinski definition) is 2. The van der Waals surface area contributed by atoms with Crippen molar-refractivity contribution in [2.45, 2.75) is 31.6 Å². The Morgan fingerprint density at radius 2 is 0.923 bits per heavy atom. The second kappa shape index (κ2) is 10.7. The van der Waals surface area contributed by atoms with Crippen molar-refractivity contribution in [2.75, 3.05) is 0 Å². The first-order valence-electron chi connectivity index (χ1n) is 11.7. The van der Waals surface area contributed by atoms with Crippen LogP contribution in [0.3, 0.4) is 0 Å². The third-order valence-corrected chi connectivity index (χ3v) is 5.79. The molecule has 39 heavy (non-hydrogen) atoms. The van der Waals surface area contributed by atoms with Crippen LogP contribution in [0.2, 0.25) is 0 Å². The summed E-state index contributed by atoms with van der Waals surface area (Å²) in [4.78, 5) is 9.54. The first-order chi connectivity index (χ1) is 18.3. The number of aromatic nitrogens is 2. The molecule has 0 spiro atoms. The summed E-state index contributed by atoms with van der Waals surface area (Å²) in [5.41, 5.74) is 3.42. The molecule has 0 saturated carbocycles. The minimum atomic E-state index is -4.59. The van der Waals surface area contributed by atoms with E-state index in [9.17, 15) is 26.3 Å². The molecule has 2 aromatic carbocycles. The summed E-state index contributed by atoms with van der Waals surface area (Å²) >= 11 is 0. The molecular weight excluding hydrogens is 514 g/mol. The van der Waals surface area contributed by atoms with Crippen LogP contribution in [-0.4, -0.2) is 22.3 Å². The molecule has 4 rings (SSSR count). The van der Waals surface area contributed by atoms with E-state index in [1.165, 1.54) is 24.0 Å². The normalized spacial score (nSPS) is 11.7. The van der Waals surface area contributed by atoms with Crippen LogP contribution in [0.15, 0.2) is 84.9 Å². The molecule has 4 aromatic rings. The Bertz CT molecular complexity index is 1510. The molecule has 0 fully saturated rings. The fourth-order valence-electron chi connectivity index (χ4n) is 3.82. The van der Waals surface area contributed by atoms with Crippen LogP contribution >= 0.6 is 0 Å². The first-order valence-corrected chi connectivity index (χ1v) is 11.7. The van der Waals surface area contributed by atoms with Crippen LogP contribution < -0.4 is 0 Å². The topological polar surface area (TPSA) is 25.8 Å². The SMILES string of the molecule is CC(C)(c1cccc(-c2cccc(C#CC(F)(F)F)c2)n1)c1cccc(-c2cccc(C#CC(F)(F)F)c2)n1. The Hall–Kier alpha value is -4.56. The van der Waals surface area contributed by atoms with E-state index in [-0.39, 0.29) is 11.1 Å². The quantitative estimate of drug-likeness (QED) is 0.196. The predicted molar refractivity (Wildman–Crippen MR) is 137 cm³/mol. The lowest BCUT2D eigenvalue weighted by atomic mass is 9.84. The third-order valence-electron chi connectivity index (χ3n) is 5.79. The maximum atomic E-state index is 12.5. The Labute approximate surface area is 221 Å². The first kappa shape index (κ1) is 27.5. The average molecular weight is 535 g/mol. The van der Waals surface area contributed by atoms with Crippen molar-refractivity contribution >= 4 is 0 Å². The highest BCUT2D eigenvalue weighted by Crippen LogP contribution is 2.32. The lowest BCUT2D eigenvalue weighted by Crippen LogP contribution is -2.22. The highest BCUT2D eigenvalue weighted by Gasteiger charge is 2.27. The standard InChI is InChI=1S/C31H20F6N2/c1-29(2,27-13-5-11-25(38-27)23-9-3-7-21(19-23)15-17-30(32,33)34)28-14-6-12-26(39-28)24-10-4-8-22(20-24)16-18-31(35,36)37/h3-14,19-20H,1-2H3. The van der Waals surface area contributed by atoms with Crippen molar-refractivity contribution < 1.29 is 26.3 Å². The van der Waals surface area contributed by atoms with Crippen LogP contribution in [0.4, 0.5) is 26.3 Å². The van der Waals surface area contributed by atoms with Crippen LogP contribution in [0.5, 0.6) is 0 Å². The van der Waals surface area contributed by atoms with Gasteiger partial charge in [0.15, 0.2) is 0 Å². The van der Waals surface area contributed by atoms with Gasteiger partial charge in [0.2, 0.25) is 0 Å². The summed E-state index contributed by atoms with van der Waals surface area (Å²) in [6.07, 6.45) is -9.17. The molecule has 0 N–H and O–H groups in total. The van der Waals surface area contributed by atoms with Crippen molar-refractivity contribution in [1.29, 1.82) is 0 Å². The second-order valence-corrected chi connectivity index (χ2v) is 9.10. The number of halogens is 6. The van der Waals surface area contributed by atoms with Gasteiger partial charge in [-0.3, -0.25) is 9.97 Å². The summed E-state index contributed by atoms with van der Waals surface area (Å²) in [5.74, 6) is 6.81. The van der Waals surface area contributed by atoms with E-state index in [1.54, 1.807) is 60.7 Å². The van der Waals surface area contributed by atoms with E-state index < -0.39 is 17.8 Å². The number of pyridine rings is 2. The van der Waals surface area contributed by atoms with Crippen molar-refractivity contribution in [1.82, 2.24) is 9.97 Å². The zero-order valence-electron chi connectivity index (χ0n) is 20.7. The third kappa shape index (κ3) is 7.27. The van der Waals surface area contributed by atoms with Crippen molar-refractivity contribution in [3.8, 4) is 46.2 Å². The van der Waals surface area contributed by atoms with Gasteiger partial charge in [-0.15, -0.1) is 0 Å². The number of benzene rings is 2. The molecular formula is C31H20F6N2. The summed E-state index contributed by atoms with van der Waals surface area (Å²) in [5, 5.41) is 0. The molecule has 0 amide bonds. The Morgan fingerprint density at radius 3 is 1.31 bits per heavy atom. The van der Waals surface area contributed by atoms with Crippen LogP contribution in [0.1, 0.15) is 36.4 Å². The molecule has 0 saturated heterocycles.